The van der Waals surface area contributed by atoms with Crippen LogP contribution in [0.2, 0.25) is 5.02 Å². The first-order chi connectivity index (χ1) is 20.0. The lowest BCUT2D eigenvalue weighted by molar-refractivity contribution is 0.140. The van der Waals surface area contributed by atoms with Gasteiger partial charge in [-0.15, -0.1) is 0 Å². The van der Waals surface area contributed by atoms with E-state index in [-0.39, 0.29) is 39.9 Å². The number of benzene rings is 3. The van der Waals surface area contributed by atoms with Gasteiger partial charge in [-0.3, -0.25) is 4.72 Å². The monoisotopic (exact) mass is 619 g/mol. The number of nitrogens with zero attached hydrogens (tertiary/aromatic N) is 3. The summed E-state index contributed by atoms with van der Waals surface area (Å²) in [5, 5.41) is 13.3. The zero-order valence-corrected chi connectivity index (χ0v) is 23.7. The predicted octanol–water partition coefficient (Wildman–Crippen LogP) is 5.10. The molecule has 0 unspecified atom stereocenters. The number of hydrogen-bond acceptors (Lipinski definition) is 8. The minimum absolute atomic E-state index is 0.00379. The van der Waals surface area contributed by atoms with Crippen molar-refractivity contribution in [3.63, 3.8) is 0 Å². The lowest BCUT2D eigenvalue weighted by Crippen LogP contribution is -2.37. The minimum atomic E-state index is -4.54. The molecule has 14 heteroatoms. The molecule has 0 radical (unpaired) electrons. The topological polar surface area (TPSA) is 117 Å². The first-order valence-electron chi connectivity index (χ1n) is 13.1. The Morgan fingerprint density at radius 2 is 1.86 bits per heavy atom. The second-order valence-electron chi connectivity index (χ2n) is 10.3. The molecule has 0 saturated carbocycles. The number of halogens is 4. The van der Waals surface area contributed by atoms with Crippen LogP contribution in [0.1, 0.15) is 24.5 Å². The third-order valence-corrected chi connectivity index (χ3v) is 9.03. The molecule has 2 aliphatic rings. The van der Waals surface area contributed by atoms with Crippen LogP contribution in [-0.4, -0.2) is 61.2 Å². The van der Waals surface area contributed by atoms with Crippen LogP contribution in [0.25, 0.3) is 22.0 Å². The average Bonchev–Trinajstić information content (AvgIpc) is 3.32. The van der Waals surface area contributed by atoms with Crippen molar-refractivity contribution >= 4 is 44.2 Å². The SMILES string of the molecule is CN1CCC(Nc2ncc3c(F)c(-c4c(F)ccc(NS(=O)(=O)c5cc(Cl)cc6c5OC[C@H]6O)c4F)ccc3n2)CC1. The number of nitrogens with one attached hydrogen (secondary N) is 2. The maximum Gasteiger partial charge on any atom is 0.265 e. The lowest BCUT2D eigenvalue weighted by Gasteiger charge is -2.29. The van der Waals surface area contributed by atoms with E-state index >= 15 is 8.78 Å². The number of aliphatic hydroxyl groups excluding tert-OH is 1. The standard InChI is InChI=1S/C28H25ClF3N5O4S/c1-37-8-6-15(7-9-37)34-28-33-12-18-20(35-28)4-2-16(25(18)31)24-19(30)3-5-21(26(24)32)36-42(39,40)23-11-14(29)10-17-22(38)13-41-27(17)23/h2-5,10-12,15,22,36,38H,6-9,13H2,1H3,(H,33,34,35)/t22-/m1/s1. The first kappa shape index (κ1) is 28.5. The van der Waals surface area contributed by atoms with Crippen LogP contribution in [0.15, 0.2) is 47.5 Å². The van der Waals surface area contributed by atoms with Crippen LogP contribution in [0.3, 0.4) is 0 Å². The van der Waals surface area contributed by atoms with Gasteiger partial charge in [-0.25, -0.2) is 31.6 Å². The van der Waals surface area contributed by atoms with Crippen molar-refractivity contribution in [3.05, 3.63) is 70.6 Å². The molecule has 1 aromatic heterocycles. The van der Waals surface area contributed by atoms with Crippen LogP contribution in [0.5, 0.6) is 5.75 Å². The lowest BCUT2D eigenvalue weighted by atomic mass is 10.0. The van der Waals surface area contributed by atoms with E-state index in [1.807, 2.05) is 7.05 Å². The van der Waals surface area contributed by atoms with Crippen molar-refractivity contribution in [2.75, 3.05) is 36.8 Å². The number of aromatic nitrogens is 2. The van der Waals surface area contributed by atoms with E-state index in [0.29, 0.717) is 5.95 Å². The van der Waals surface area contributed by atoms with E-state index in [4.69, 9.17) is 16.3 Å². The molecule has 0 bridgehead atoms. The summed E-state index contributed by atoms with van der Waals surface area (Å²) < 4.78 is 80.3. The van der Waals surface area contributed by atoms with Crippen molar-refractivity contribution in [1.29, 1.82) is 0 Å². The van der Waals surface area contributed by atoms with Gasteiger partial charge in [0.1, 0.15) is 35.0 Å². The molecular weight excluding hydrogens is 595 g/mol. The van der Waals surface area contributed by atoms with Crippen LogP contribution < -0.4 is 14.8 Å². The predicted molar refractivity (Wildman–Crippen MR) is 152 cm³/mol. The summed E-state index contributed by atoms with van der Waals surface area (Å²) in [6.45, 7) is 1.66. The molecule has 1 saturated heterocycles. The molecule has 220 valence electrons. The molecule has 9 nitrogen and oxygen atoms in total. The number of aliphatic hydroxyl groups is 1. The zero-order chi connectivity index (χ0) is 29.8. The highest BCUT2D eigenvalue weighted by Gasteiger charge is 2.32. The summed E-state index contributed by atoms with van der Waals surface area (Å²) >= 11 is 6.05. The summed E-state index contributed by atoms with van der Waals surface area (Å²) in [6, 6.07) is 6.93. The van der Waals surface area contributed by atoms with Crippen LogP contribution in [-0.2, 0) is 10.0 Å². The van der Waals surface area contributed by atoms with Gasteiger partial charge in [0.05, 0.1) is 22.2 Å². The highest BCUT2D eigenvalue weighted by atomic mass is 35.5. The third kappa shape index (κ3) is 5.21. The second kappa shape index (κ2) is 10.9. The van der Waals surface area contributed by atoms with Crippen molar-refractivity contribution < 1.29 is 31.4 Å². The molecule has 1 fully saturated rings. The van der Waals surface area contributed by atoms with E-state index in [9.17, 15) is 17.9 Å². The zero-order valence-electron chi connectivity index (χ0n) is 22.2. The molecule has 0 amide bonds. The van der Waals surface area contributed by atoms with Crippen molar-refractivity contribution in [2.45, 2.75) is 29.9 Å². The van der Waals surface area contributed by atoms with Crippen LogP contribution >= 0.6 is 11.6 Å². The third-order valence-electron chi connectivity index (χ3n) is 7.44. The van der Waals surface area contributed by atoms with Crippen molar-refractivity contribution in [2.24, 2.45) is 0 Å². The molecule has 0 aliphatic carbocycles. The van der Waals surface area contributed by atoms with E-state index in [2.05, 4.69) is 24.9 Å². The number of piperidine rings is 1. The highest BCUT2D eigenvalue weighted by Crippen LogP contribution is 2.41. The summed E-state index contributed by atoms with van der Waals surface area (Å²) in [5.41, 5.74) is -1.45. The van der Waals surface area contributed by atoms with Gasteiger partial charge in [-0.1, -0.05) is 11.6 Å². The number of ether oxygens (including phenoxy) is 1. The Hall–Kier alpha value is -3.65. The Kier molecular flexibility index (Phi) is 7.37. The molecule has 6 rings (SSSR count). The van der Waals surface area contributed by atoms with E-state index in [1.54, 1.807) is 0 Å². The Balaban J connectivity index is 1.33. The Labute approximate surface area is 244 Å². The largest absolute Gasteiger partial charge is 0.489 e. The van der Waals surface area contributed by atoms with Crippen molar-refractivity contribution in [3.8, 4) is 16.9 Å². The van der Waals surface area contributed by atoms with Gasteiger partial charge in [0.15, 0.2) is 5.82 Å². The number of hydrogen-bond donors (Lipinski definition) is 3. The smallest absolute Gasteiger partial charge is 0.265 e. The van der Waals surface area contributed by atoms with Crippen LogP contribution in [0, 0.1) is 17.5 Å². The van der Waals surface area contributed by atoms with Crippen LogP contribution in [0.4, 0.5) is 24.8 Å². The fourth-order valence-electron chi connectivity index (χ4n) is 5.19. The Bertz CT molecular complexity index is 1820. The fraction of sp³-hybridized carbons (Fsp3) is 0.286. The van der Waals surface area contributed by atoms with E-state index in [0.717, 1.165) is 44.1 Å². The summed E-state index contributed by atoms with van der Waals surface area (Å²) in [7, 11) is -2.49. The molecule has 3 aromatic carbocycles. The molecule has 3 heterocycles. The molecule has 4 aromatic rings. The molecule has 0 spiro atoms. The Morgan fingerprint density at radius 3 is 2.62 bits per heavy atom. The number of fused-ring (bicyclic) bond motifs is 2. The second-order valence-corrected chi connectivity index (χ2v) is 12.4. The number of rotatable bonds is 6. The van der Waals surface area contributed by atoms with Gasteiger partial charge >= 0.3 is 0 Å². The maximum atomic E-state index is 15.7. The maximum absolute atomic E-state index is 15.7. The normalized spacial score (nSPS) is 17.7. The number of anilines is 2. The highest BCUT2D eigenvalue weighted by molar-refractivity contribution is 7.92. The quantitative estimate of drug-likeness (QED) is 0.273. The average molecular weight is 620 g/mol. The van der Waals surface area contributed by atoms with Gasteiger partial charge in [-0.2, -0.15) is 0 Å². The summed E-state index contributed by atoms with van der Waals surface area (Å²) in [5.74, 6) is -3.22. The Morgan fingerprint density at radius 1 is 1.10 bits per heavy atom. The van der Waals surface area contributed by atoms with E-state index < -0.39 is 55.3 Å². The van der Waals surface area contributed by atoms with Gasteiger partial charge in [0, 0.05) is 28.4 Å². The number of likely N-dealkylation sites (tertiary alicyclic amines) is 1. The molecule has 42 heavy (non-hydrogen) atoms. The molecule has 1 atom stereocenters. The van der Waals surface area contributed by atoms with Gasteiger partial charge in [0.25, 0.3) is 10.0 Å². The molecule has 3 N–H and O–H groups in total. The minimum Gasteiger partial charge on any atom is -0.489 e. The fourth-order valence-corrected chi connectivity index (χ4v) is 6.74. The van der Waals surface area contributed by atoms with Gasteiger partial charge in [0.2, 0.25) is 5.95 Å². The van der Waals surface area contributed by atoms with Gasteiger partial charge in [-0.05, 0) is 69.4 Å². The van der Waals surface area contributed by atoms with Gasteiger partial charge < -0.3 is 20.1 Å². The first-order valence-corrected chi connectivity index (χ1v) is 14.9. The van der Waals surface area contributed by atoms with Crippen molar-refractivity contribution in [1.82, 2.24) is 14.9 Å². The summed E-state index contributed by atoms with van der Waals surface area (Å²) in [4.78, 5) is 10.4. The van der Waals surface area contributed by atoms with E-state index in [1.165, 1.54) is 24.4 Å². The number of sulfonamides is 1. The summed E-state index contributed by atoms with van der Waals surface area (Å²) in [6.07, 6.45) is 1.95. The molecule has 2 aliphatic heterocycles. The molecular formula is C28H25ClF3N5O4S.